The molecule has 22 heavy (non-hydrogen) atoms. The number of furan rings is 1. The molecule has 0 fully saturated rings. The largest absolute Gasteiger partial charge is 0.466 e. The first-order chi connectivity index (χ1) is 10.3. The van der Waals surface area contributed by atoms with Crippen LogP contribution < -0.4 is 5.32 Å². The summed E-state index contributed by atoms with van der Waals surface area (Å²) < 4.78 is 5.78. The van der Waals surface area contributed by atoms with Gasteiger partial charge in [-0.3, -0.25) is 0 Å². The second-order valence-electron chi connectivity index (χ2n) is 6.52. The molecule has 0 amide bonds. The van der Waals surface area contributed by atoms with E-state index in [-0.39, 0.29) is 5.41 Å². The Morgan fingerprint density at radius 2 is 1.91 bits per heavy atom. The van der Waals surface area contributed by atoms with Crippen molar-refractivity contribution in [3.05, 3.63) is 57.5 Å². The summed E-state index contributed by atoms with van der Waals surface area (Å²) in [6.07, 6.45) is 0.977. The van der Waals surface area contributed by atoms with Crippen LogP contribution >= 0.6 is 23.2 Å². The summed E-state index contributed by atoms with van der Waals surface area (Å²) in [5.74, 6) is 1.99. The minimum atomic E-state index is -0.00946. The van der Waals surface area contributed by atoms with Crippen LogP contribution in [0.15, 0.2) is 34.7 Å². The van der Waals surface area contributed by atoms with Crippen molar-refractivity contribution >= 4 is 23.2 Å². The van der Waals surface area contributed by atoms with Crippen LogP contribution in [0.3, 0.4) is 0 Å². The molecule has 0 bridgehead atoms. The van der Waals surface area contributed by atoms with Crippen molar-refractivity contribution < 1.29 is 4.42 Å². The monoisotopic (exact) mass is 339 g/mol. The van der Waals surface area contributed by atoms with Crippen molar-refractivity contribution in [3.63, 3.8) is 0 Å². The van der Waals surface area contributed by atoms with Crippen LogP contribution in [-0.4, -0.2) is 6.04 Å². The molecule has 0 saturated carbocycles. The van der Waals surface area contributed by atoms with Gasteiger partial charge in [-0.05, 0) is 50.1 Å². The van der Waals surface area contributed by atoms with Gasteiger partial charge in [0.2, 0.25) is 0 Å². The second-order valence-corrected chi connectivity index (χ2v) is 7.36. The molecular weight excluding hydrogens is 317 g/mol. The fourth-order valence-electron chi connectivity index (χ4n) is 2.69. The maximum absolute atomic E-state index is 6.21. The molecule has 1 heterocycles. The average molecular weight is 340 g/mol. The van der Waals surface area contributed by atoms with Gasteiger partial charge >= 0.3 is 0 Å². The normalized spacial score (nSPS) is 13.4. The number of nitrogens with one attached hydrogen (secondary N) is 1. The lowest BCUT2D eigenvalue weighted by Gasteiger charge is -2.27. The van der Waals surface area contributed by atoms with Crippen molar-refractivity contribution in [1.82, 2.24) is 5.32 Å². The zero-order chi connectivity index (χ0) is 16.3. The van der Waals surface area contributed by atoms with E-state index in [0.29, 0.717) is 16.1 Å². The summed E-state index contributed by atoms with van der Waals surface area (Å²) in [5, 5.41) is 4.89. The van der Waals surface area contributed by atoms with Gasteiger partial charge in [0.25, 0.3) is 0 Å². The molecule has 0 aliphatic rings. The molecule has 0 saturated heterocycles. The van der Waals surface area contributed by atoms with E-state index in [2.05, 4.69) is 32.2 Å². The lowest BCUT2D eigenvalue weighted by molar-refractivity contribution is 0.319. The van der Waals surface area contributed by atoms with Crippen molar-refractivity contribution in [1.29, 1.82) is 0 Å². The zero-order valence-electron chi connectivity index (χ0n) is 13.5. The minimum Gasteiger partial charge on any atom is -0.466 e. The number of aryl methyl sites for hydroxylation is 1. The highest BCUT2D eigenvalue weighted by Crippen LogP contribution is 2.30. The van der Waals surface area contributed by atoms with E-state index in [1.54, 1.807) is 6.07 Å². The van der Waals surface area contributed by atoms with Gasteiger partial charge in [0, 0.05) is 28.0 Å². The Labute approximate surface area is 142 Å². The van der Waals surface area contributed by atoms with Crippen molar-refractivity contribution in [2.24, 2.45) is 0 Å². The minimum absolute atomic E-state index is 0.00946. The van der Waals surface area contributed by atoms with Gasteiger partial charge < -0.3 is 9.73 Å². The van der Waals surface area contributed by atoms with Crippen LogP contribution in [0.4, 0.5) is 0 Å². The summed E-state index contributed by atoms with van der Waals surface area (Å²) in [7, 11) is 0. The van der Waals surface area contributed by atoms with Gasteiger partial charge in [-0.25, -0.2) is 0 Å². The molecule has 4 heteroatoms. The van der Waals surface area contributed by atoms with E-state index in [1.807, 2.05) is 25.1 Å². The van der Waals surface area contributed by atoms with Gasteiger partial charge in [-0.2, -0.15) is 0 Å². The Balaban J connectivity index is 1.93. The van der Waals surface area contributed by atoms with Gasteiger partial charge in [0.1, 0.15) is 11.5 Å². The third kappa shape index (κ3) is 4.52. The van der Waals surface area contributed by atoms with Gasteiger partial charge in [-0.1, -0.05) is 43.1 Å². The Morgan fingerprint density at radius 1 is 1.18 bits per heavy atom. The predicted octanol–water partition coefficient (Wildman–Crippen LogP) is 5.74. The summed E-state index contributed by atoms with van der Waals surface area (Å²) in [4.78, 5) is 0. The molecule has 0 unspecified atom stereocenters. The summed E-state index contributed by atoms with van der Waals surface area (Å²) in [6.45, 7) is 9.30. The molecule has 2 nitrogen and oxygen atoms in total. The SMILES string of the molecule is Cc1ccc(C(C)(C)C[C@H](C)NCc2ccc(Cl)cc2Cl)o1. The lowest BCUT2D eigenvalue weighted by Crippen LogP contribution is -2.32. The lowest BCUT2D eigenvalue weighted by atomic mass is 9.83. The first kappa shape index (κ1) is 17.4. The van der Waals surface area contributed by atoms with Gasteiger partial charge in [-0.15, -0.1) is 0 Å². The molecule has 2 rings (SSSR count). The topological polar surface area (TPSA) is 25.2 Å². The second kappa shape index (κ2) is 7.08. The predicted molar refractivity (Wildman–Crippen MR) is 93.9 cm³/mol. The molecular formula is C18H23Cl2NO. The molecule has 1 atom stereocenters. The number of benzene rings is 1. The molecule has 120 valence electrons. The first-order valence-electron chi connectivity index (χ1n) is 7.52. The third-order valence-electron chi connectivity index (χ3n) is 3.88. The van der Waals surface area contributed by atoms with Crippen LogP contribution in [0.25, 0.3) is 0 Å². The van der Waals surface area contributed by atoms with Crippen LogP contribution in [-0.2, 0) is 12.0 Å². The Kier molecular flexibility index (Phi) is 5.60. The van der Waals surface area contributed by atoms with Crippen LogP contribution in [0.5, 0.6) is 0 Å². The average Bonchev–Trinajstić information content (AvgIpc) is 2.85. The Hall–Kier alpha value is -0.960. The fourth-order valence-corrected chi connectivity index (χ4v) is 3.16. The highest BCUT2D eigenvalue weighted by Gasteiger charge is 2.26. The summed E-state index contributed by atoms with van der Waals surface area (Å²) in [6, 6.07) is 10.0. The Morgan fingerprint density at radius 3 is 2.50 bits per heavy atom. The molecule has 1 aromatic carbocycles. The molecule has 1 N–H and O–H groups in total. The highest BCUT2D eigenvalue weighted by molar-refractivity contribution is 6.35. The van der Waals surface area contributed by atoms with Crippen molar-refractivity contribution in [2.45, 2.75) is 52.1 Å². The molecule has 0 radical (unpaired) electrons. The van der Waals surface area contributed by atoms with Crippen LogP contribution in [0, 0.1) is 6.92 Å². The zero-order valence-corrected chi connectivity index (χ0v) is 15.1. The number of halogens is 2. The highest BCUT2D eigenvalue weighted by atomic mass is 35.5. The maximum atomic E-state index is 6.21. The quantitative estimate of drug-likeness (QED) is 0.725. The van der Waals surface area contributed by atoms with E-state index in [1.165, 1.54) is 0 Å². The number of hydrogen-bond donors (Lipinski definition) is 1. The van der Waals surface area contributed by atoms with Crippen LogP contribution in [0.2, 0.25) is 10.0 Å². The molecule has 0 spiro atoms. The van der Waals surface area contributed by atoms with Gasteiger partial charge in [0.05, 0.1) is 0 Å². The van der Waals surface area contributed by atoms with Crippen LogP contribution in [0.1, 0.15) is 44.3 Å². The van der Waals surface area contributed by atoms with Crippen molar-refractivity contribution in [2.75, 3.05) is 0 Å². The molecule has 1 aromatic heterocycles. The van der Waals surface area contributed by atoms with E-state index in [4.69, 9.17) is 27.6 Å². The summed E-state index contributed by atoms with van der Waals surface area (Å²) >= 11 is 12.1. The number of rotatable bonds is 6. The smallest absolute Gasteiger partial charge is 0.109 e. The standard InChI is InChI=1S/C18H23Cl2NO/c1-12(10-18(3,4)17-8-5-13(2)22-17)21-11-14-6-7-15(19)9-16(14)20/h5-9,12,21H,10-11H2,1-4H3/t12-/m0/s1. The van der Waals surface area contributed by atoms with E-state index in [9.17, 15) is 0 Å². The third-order valence-corrected chi connectivity index (χ3v) is 4.47. The summed E-state index contributed by atoms with van der Waals surface area (Å²) in [5.41, 5.74) is 1.05. The van der Waals surface area contributed by atoms with Crippen molar-refractivity contribution in [3.8, 4) is 0 Å². The van der Waals surface area contributed by atoms with E-state index in [0.717, 1.165) is 30.0 Å². The Bertz CT molecular complexity index is 634. The molecule has 0 aliphatic carbocycles. The maximum Gasteiger partial charge on any atom is 0.109 e. The molecule has 2 aromatic rings. The first-order valence-corrected chi connectivity index (χ1v) is 8.28. The fraction of sp³-hybridized carbons (Fsp3) is 0.444. The molecule has 0 aliphatic heterocycles. The van der Waals surface area contributed by atoms with E-state index >= 15 is 0 Å². The van der Waals surface area contributed by atoms with Gasteiger partial charge in [0.15, 0.2) is 0 Å². The number of hydrogen-bond acceptors (Lipinski definition) is 2. The van der Waals surface area contributed by atoms with E-state index < -0.39 is 0 Å².